The van der Waals surface area contributed by atoms with Gasteiger partial charge >= 0.3 is 0 Å². The molecule has 106 valence electrons. The van der Waals surface area contributed by atoms with Crippen LogP contribution in [0.3, 0.4) is 0 Å². The molecule has 0 atom stereocenters. The van der Waals surface area contributed by atoms with E-state index in [1.165, 1.54) is 4.88 Å². The van der Waals surface area contributed by atoms with Crippen LogP contribution in [-0.2, 0) is 6.54 Å². The first-order valence-corrected chi connectivity index (χ1v) is 7.97. The molecule has 0 unspecified atom stereocenters. The summed E-state index contributed by atoms with van der Waals surface area (Å²) in [6.07, 6.45) is 3.32. The fourth-order valence-electron chi connectivity index (χ4n) is 2.28. The maximum absolute atomic E-state index is 5.96. The first-order chi connectivity index (χ1) is 9.70. The summed E-state index contributed by atoms with van der Waals surface area (Å²) in [7, 11) is 0. The Bertz CT molecular complexity index is 581. The molecule has 4 nitrogen and oxygen atoms in total. The van der Waals surface area contributed by atoms with Gasteiger partial charge in [-0.3, -0.25) is 9.88 Å². The molecule has 3 rings (SSSR count). The number of rotatable bonds is 3. The standard InChI is InChI=1S/C13H14Cl2N4S/c14-11-7-16-8-13(17-11)19-5-3-18(4-6-19)9-10-1-2-12(15)20-10/h1-2,7-8H,3-6,9H2. The van der Waals surface area contributed by atoms with Gasteiger partial charge in [-0.1, -0.05) is 23.2 Å². The molecule has 1 saturated heterocycles. The molecule has 0 aliphatic carbocycles. The van der Waals surface area contributed by atoms with E-state index in [0.717, 1.165) is 42.9 Å². The van der Waals surface area contributed by atoms with E-state index in [0.29, 0.717) is 5.15 Å². The number of hydrogen-bond acceptors (Lipinski definition) is 5. The van der Waals surface area contributed by atoms with Crippen molar-refractivity contribution in [3.05, 3.63) is 38.9 Å². The Morgan fingerprint density at radius 1 is 1.10 bits per heavy atom. The quantitative estimate of drug-likeness (QED) is 0.866. The molecule has 0 aromatic carbocycles. The average molecular weight is 329 g/mol. The molecule has 0 bridgehead atoms. The van der Waals surface area contributed by atoms with E-state index in [2.05, 4.69) is 25.8 Å². The molecule has 1 fully saturated rings. The lowest BCUT2D eigenvalue weighted by molar-refractivity contribution is 0.251. The minimum absolute atomic E-state index is 0.443. The van der Waals surface area contributed by atoms with Gasteiger partial charge in [0.2, 0.25) is 0 Å². The maximum atomic E-state index is 5.96. The van der Waals surface area contributed by atoms with Crippen LogP contribution in [-0.4, -0.2) is 41.0 Å². The highest BCUT2D eigenvalue weighted by Crippen LogP contribution is 2.23. The highest BCUT2D eigenvalue weighted by molar-refractivity contribution is 7.16. The summed E-state index contributed by atoms with van der Waals surface area (Å²) in [6, 6.07) is 4.06. The first-order valence-electron chi connectivity index (χ1n) is 6.40. The Labute approximate surface area is 132 Å². The van der Waals surface area contributed by atoms with Gasteiger partial charge in [-0.05, 0) is 12.1 Å². The van der Waals surface area contributed by atoms with Crippen molar-refractivity contribution >= 4 is 40.4 Å². The zero-order chi connectivity index (χ0) is 13.9. The van der Waals surface area contributed by atoms with Crippen LogP contribution in [0, 0.1) is 0 Å². The van der Waals surface area contributed by atoms with Gasteiger partial charge in [0.1, 0.15) is 11.0 Å². The number of halogens is 2. The van der Waals surface area contributed by atoms with Gasteiger partial charge in [0.25, 0.3) is 0 Å². The highest BCUT2D eigenvalue weighted by atomic mass is 35.5. The van der Waals surface area contributed by atoms with E-state index in [4.69, 9.17) is 23.2 Å². The van der Waals surface area contributed by atoms with Gasteiger partial charge in [0, 0.05) is 37.6 Å². The zero-order valence-corrected chi connectivity index (χ0v) is 13.1. The van der Waals surface area contributed by atoms with Crippen LogP contribution >= 0.6 is 34.5 Å². The number of piperazine rings is 1. The van der Waals surface area contributed by atoms with Crippen LogP contribution in [0.1, 0.15) is 4.88 Å². The van der Waals surface area contributed by atoms with Crippen molar-refractivity contribution in [2.75, 3.05) is 31.1 Å². The van der Waals surface area contributed by atoms with E-state index < -0.39 is 0 Å². The summed E-state index contributed by atoms with van der Waals surface area (Å²) in [5.74, 6) is 0.858. The molecule has 3 heterocycles. The first kappa shape index (κ1) is 14.1. The molecule has 20 heavy (non-hydrogen) atoms. The average Bonchev–Trinajstić information content (AvgIpc) is 2.85. The van der Waals surface area contributed by atoms with Gasteiger partial charge in [-0.2, -0.15) is 0 Å². The smallest absolute Gasteiger partial charge is 0.149 e. The molecule has 0 amide bonds. The third-order valence-corrected chi connectivity index (χ3v) is 4.70. The van der Waals surface area contributed by atoms with Gasteiger partial charge in [0.15, 0.2) is 0 Å². The van der Waals surface area contributed by atoms with Gasteiger partial charge in [-0.25, -0.2) is 4.98 Å². The molecule has 0 radical (unpaired) electrons. The molecule has 2 aromatic rings. The predicted molar refractivity (Wildman–Crippen MR) is 83.9 cm³/mol. The van der Waals surface area contributed by atoms with Crippen molar-refractivity contribution in [2.24, 2.45) is 0 Å². The topological polar surface area (TPSA) is 32.3 Å². The van der Waals surface area contributed by atoms with E-state index in [-0.39, 0.29) is 0 Å². The van der Waals surface area contributed by atoms with Crippen molar-refractivity contribution in [2.45, 2.75) is 6.54 Å². The molecule has 0 saturated carbocycles. The number of anilines is 1. The summed E-state index contributed by atoms with van der Waals surface area (Å²) in [6.45, 7) is 4.85. The fourth-order valence-corrected chi connectivity index (χ4v) is 3.55. The Morgan fingerprint density at radius 3 is 2.55 bits per heavy atom. The Balaban J connectivity index is 1.57. The number of aromatic nitrogens is 2. The summed E-state index contributed by atoms with van der Waals surface area (Å²) < 4.78 is 0.854. The molecular formula is C13H14Cl2N4S. The molecule has 1 aliphatic rings. The lowest BCUT2D eigenvalue weighted by Gasteiger charge is -2.35. The fraction of sp³-hybridized carbons (Fsp3) is 0.385. The van der Waals surface area contributed by atoms with Crippen LogP contribution in [0.15, 0.2) is 24.5 Å². The van der Waals surface area contributed by atoms with Crippen LogP contribution in [0.5, 0.6) is 0 Å². The van der Waals surface area contributed by atoms with Crippen LogP contribution in [0.2, 0.25) is 9.49 Å². The van der Waals surface area contributed by atoms with Crippen LogP contribution < -0.4 is 4.90 Å². The third kappa shape index (κ3) is 3.41. The predicted octanol–water partition coefficient (Wildman–Crippen LogP) is 3.17. The Morgan fingerprint density at radius 2 is 1.90 bits per heavy atom. The largest absolute Gasteiger partial charge is 0.353 e. The molecule has 0 N–H and O–H groups in total. The highest BCUT2D eigenvalue weighted by Gasteiger charge is 2.18. The lowest BCUT2D eigenvalue weighted by Crippen LogP contribution is -2.46. The molecular weight excluding hydrogens is 315 g/mol. The van der Waals surface area contributed by atoms with Crippen LogP contribution in [0.25, 0.3) is 0 Å². The third-order valence-electron chi connectivity index (χ3n) is 3.30. The van der Waals surface area contributed by atoms with Crippen molar-refractivity contribution in [1.29, 1.82) is 0 Å². The van der Waals surface area contributed by atoms with E-state index >= 15 is 0 Å². The monoisotopic (exact) mass is 328 g/mol. The molecule has 7 heteroatoms. The molecule has 0 spiro atoms. The minimum Gasteiger partial charge on any atom is -0.353 e. The number of nitrogens with zero attached hydrogens (tertiary/aromatic N) is 4. The molecule has 2 aromatic heterocycles. The zero-order valence-electron chi connectivity index (χ0n) is 10.8. The number of thiophene rings is 1. The Hall–Kier alpha value is -0.880. The van der Waals surface area contributed by atoms with Crippen molar-refractivity contribution in [3.63, 3.8) is 0 Å². The second-order valence-corrected chi connectivity index (χ2v) is 6.86. The van der Waals surface area contributed by atoms with Gasteiger partial charge < -0.3 is 4.90 Å². The van der Waals surface area contributed by atoms with Crippen molar-refractivity contribution in [1.82, 2.24) is 14.9 Å². The second kappa shape index (κ2) is 6.26. The second-order valence-electron chi connectivity index (χ2n) is 4.67. The summed E-state index contributed by atoms with van der Waals surface area (Å²) in [5.41, 5.74) is 0. The maximum Gasteiger partial charge on any atom is 0.149 e. The number of hydrogen-bond donors (Lipinski definition) is 0. The van der Waals surface area contributed by atoms with Crippen LogP contribution in [0.4, 0.5) is 5.82 Å². The SMILES string of the molecule is Clc1cncc(N2CCN(Cc3ccc(Cl)s3)CC2)n1. The summed E-state index contributed by atoms with van der Waals surface area (Å²) in [5, 5.41) is 0.443. The minimum atomic E-state index is 0.443. The van der Waals surface area contributed by atoms with E-state index in [1.807, 2.05) is 6.07 Å². The van der Waals surface area contributed by atoms with E-state index in [1.54, 1.807) is 23.7 Å². The summed E-state index contributed by atoms with van der Waals surface area (Å²) in [4.78, 5) is 14.3. The van der Waals surface area contributed by atoms with Gasteiger partial charge in [0.05, 0.1) is 16.7 Å². The summed E-state index contributed by atoms with van der Waals surface area (Å²) >= 11 is 13.5. The lowest BCUT2D eigenvalue weighted by atomic mass is 10.3. The normalized spacial score (nSPS) is 16.6. The van der Waals surface area contributed by atoms with E-state index in [9.17, 15) is 0 Å². The Kier molecular flexibility index (Phi) is 4.41. The van der Waals surface area contributed by atoms with Gasteiger partial charge in [-0.15, -0.1) is 11.3 Å². The van der Waals surface area contributed by atoms with Crippen molar-refractivity contribution in [3.8, 4) is 0 Å². The molecule has 1 aliphatic heterocycles. The van der Waals surface area contributed by atoms with Crippen molar-refractivity contribution < 1.29 is 0 Å².